The minimum atomic E-state index is -0.0320. The van der Waals surface area contributed by atoms with Crippen molar-refractivity contribution in [3.05, 3.63) is 59.2 Å². The second kappa shape index (κ2) is 9.08. The van der Waals surface area contributed by atoms with E-state index in [2.05, 4.69) is 31.5 Å². The highest BCUT2D eigenvalue weighted by molar-refractivity contribution is 5.79. The highest BCUT2D eigenvalue weighted by Crippen LogP contribution is 2.24. The Morgan fingerprint density at radius 3 is 2.36 bits per heavy atom. The van der Waals surface area contributed by atoms with Crippen LogP contribution in [0.15, 0.2) is 42.5 Å². The van der Waals surface area contributed by atoms with E-state index in [0.29, 0.717) is 18.0 Å². The van der Waals surface area contributed by atoms with E-state index in [9.17, 15) is 4.79 Å². The summed E-state index contributed by atoms with van der Waals surface area (Å²) >= 11 is 0. The summed E-state index contributed by atoms with van der Waals surface area (Å²) in [4.78, 5) is 13.7. The average molecular weight is 343 g/mol. The number of methoxy groups -OCH3 is 2. The first-order valence-corrected chi connectivity index (χ1v) is 8.37. The third kappa shape index (κ3) is 5.50. The van der Waals surface area contributed by atoms with E-state index < -0.39 is 0 Å². The van der Waals surface area contributed by atoms with Crippen molar-refractivity contribution >= 4 is 5.91 Å². The second-order valence-electron chi connectivity index (χ2n) is 6.28. The summed E-state index contributed by atoms with van der Waals surface area (Å²) in [7, 11) is 7.43. The minimum Gasteiger partial charge on any atom is -0.497 e. The van der Waals surface area contributed by atoms with Gasteiger partial charge >= 0.3 is 0 Å². The Hall–Kier alpha value is -2.53. The van der Waals surface area contributed by atoms with Gasteiger partial charge in [0.25, 0.3) is 0 Å². The average Bonchev–Trinajstić information content (AvgIpc) is 2.61. The number of quaternary nitrogens is 1. The quantitative estimate of drug-likeness (QED) is 0.757. The highest BCUT2D eigenvalue weighted by Gasteiger charge is 2.11. The first kappa shape index (κ1) is 18.8. The van der Waals surface area contributed by atoms with E-state index in [4.69, 9.17) is 9.47 Å². The predicted octanol–water partition coefficient (Wildman–Crippen LogP) is 1.21. The number of benzene rings is 2. The van der Waals surface area contributed by atoms with E-state index in [-0.39, 0.29) is 12.3 Å². The first-order chi connectivity index (χ1) is 12.0. The van der Waals surface area contributed by atoms with Gasteiger partial charge in [0.1, 0.15) is 18.0 Å². The molecule has 0 unspecified atom stereocenters. The maximum atomic E-state index is 12.3. The number of carbonyl (C=O) groups excluding carboxylic acids is 1. The molecule has 0 fully saturated rings. The third-order valence-electron chi connectivity index (χ3n) is 3.98. The fourth-order valence-electron chi connectivity index (χ4n) is 2.71. The Morgan fingerprint density at radius 1 is 1.00 bits per heavy atom. The van der Waals surface area contributed by atoms with Gasteiger partial charge < -0.3 is 19.7 Å². The van der Waals surface area contributed by atoms with Crippen LogP contribution in [0.4, 0.5) is 0 Å². The molecule has 0 saturated carbocycles. The molecule has 1 amide bonds. The van der Waals surface area contributed by atoms with Crippen LogP contribution >= 0.6 is 0 Å². The number of hydrogen-bond donors (Lipinski definition) is 2. The first-order valence-electron chi connectivity index (χ1n) is 8.37. The molecular formula is C20H27N2O3+. The summed E-state index contributed by atoms with van der Waals surface area (Å²) in [5, 5.41) is 3.01. The van der Waals surface area contributed by atoms with Gasteiger partial charge in [-0.25, -0.2) is 0 Å². The van der Waals surface area contributed by atoms with Gasteiger partial charge in [0.15, 0.2) is 0 Å². The lowest BCUT2D eigenvalue weighted by Gasteiger charge is -2.14. The van der Waals surface area contributed by atoms with Gasteiger partial charge in [0, 0.05) is 23.7 Å². The second-order valence-corrected chi connectivity index (χ2v) is 6.28. The molecule has 2 aromatic rings. The van der Waals surface area contributed by atoms with E-state index in [1.54, 1.807) is 20.3 Å². The Balaban J connectivity index is 2.00. The van der Waals surface area contributed by atoms with Gasteiger partial charge in [-0.1, -0.05) is 30.3 Å². The van der Waals surface area contributed by atoms with Gasteiger partial charge in [0.2, 0.25) is 5.91 Å². The zero-order valence-corrected chi connectivity index (χ0v) is 15.4. The SMILES string of the molecule is COc1ccc(CC(=O)NCc2ccccc2C[NH+](C)C)c(OC)c1. The summed E-state index contributed by atoms with van der Waals surface area (Å²) in [5.41, 5.74) is 3.25. The Labute approximate surface area is 149 Å². The number of hydrogen-bond acceptors (Lipinski definition) is 3. The van der Waals surface area contributed by atoms with Crippen molar-refractivity contribution in [1.29, 1.82) is 0 Å². The molecule has 134 valence electrons. The van der Waals surface area contributed by atoms with Crippen molar-refractivity contribution in [2.75, 3.05) is 28.3 Å². The fourth-order valence-corrected chi connectivity index (χ4v) is 2.71. The van der Waals surface area contributed by atoms with Crippen molar-refractivity contribution in [3.63, 3.8) is 0 Å². The molecule has 0 aromatic heterocycles. The lowest BCUT2D eigenvalue weighted by atomic mass is 10.1. The maximum absolute atomic E-state index is 12.3. The molecule has 0 radical (unpaired) electrons. The monoisotopic (exact) mass is 343 g/mol. The highest BCUT2D eigenvalue weighted by atomic mass is 16.5. The van der Waals surface area contributed by atoms with Crippen LogP contribution in [0.5, 0.6) is 11.5 Å². The molecule has 0 aliphatic carbocycles. The number of ether oxygens (including phenoxy) is 2. The normalized spacial score (nSPS) is 10.6. The largest absolute Gasteiger partial charge is 0.497 e. The molecule has 0 heterocycles. The van der Waals surface area contributed by atoms with Crippen molar-refractivity contribution in [2.24, 2.45) is 0 Å². The smallest absolute Gasteiger partial charge is 0.224 e. The van der Waals surface area contributed by atoms with Crippen LogP contribution < -0.4 is 19.7 Å². The van der Waals surface area contributed by atoms with Gasteiger partial charge in [-0.15, -0.1) is 0 Å². The topological polar surface area (TPSA) is 52.0 Å². The molecule has 0 aliphatic heterocycles. The lowest BCUT2D eigenvalue weighted by Crippen LogP contribution is -3.04. The summed E-state index contributed by atoms with van der Waals surface area (Å²) in [6.45, 7) is 1.46. The Morgan fingerprint density at radius 2 is 1.72 bits per heavy atom. The number of amides is 1. The van der Waals surface area contributed by atoms with Crippen molar-refractivity contribution in [2.45, 2.75) is 19.5 Å². The third-order valence-corrected chi connectivity index (χ3v) is 3.98. The molecule has 0 spiro atoms. The van der Waals surface area contributed by atoms with Crippen LogP contribution in [0.3, 0.4) is 0 Å². The van der Waals surface area contributed by atoms with E-state index in [1.165, 1.54) is 10.5 Å². The number of rotatable bonds is 8. The Kier molecular flexibility index (Phi) is 6.83. The van der Waals surface area contributed by atoms with Gasteiger partial charge in [-0.05, 0) is 11.6 Å². The molecule has 5 heteroatoms. The zero-order valence-electron chi connectivity index (χ0n) is 15.4. The van der Waals surface area contributed by atoms with Gasteiger partial charge in [0.05, 0.1) is 34.7 Å². The lowest BCUT2D eigenvalue weighted by molar-refractivity contribution is -0.872. The maximum Gasteiger partial charge on any atom is 0.224 e. The molecule has 2 N–H and O–H groups in total. The summed E-state index contributed by atoms with van der Waals surface area (Å²) < 4.78 is 10.5. The van der Waals surface area contributed by atoms with Crippen LogP contribution in [-0.2, 0) is 24.3 Å². The van der Waals surface area contributed by atoms with E-state index in [1.807, 2.05) is 24.3 Å². The number of carbonyl (C=O) groups is 1. The van der Waals surface area contributed by atoms with Crippen LogP contribution in [0, 0.1) is 0 Å². The van der Waals surface area contributed by atoms with Gasteiger partial charge in [-0.3, -0.25) is 4.79 Å². The number of nitrogens with one attached hydrogen (secondary N) is 2. The fraction of sp³-hybridized carbons (Fsp3) is 0.350. The van der Waals surface area contributed by atoms with E-state index in [0.717, 1.165) is 17.7 Å². The zero-order chi connectivity index (χ0) is 18.2. The van der Waals surface area contributed by atoms with Crippen molar-refractivity contribution in [1.82, 2.24) is 5.32 Å². The molecule has 5 nitrogen and oxygen atoms in total. The molecule has 0 saturated heterocycles. The molecule has 2 rings (SSSR count). The van der Waals surface area contributed by atoms with Crippen LogP contribution in [0.2, 0.25) is 0 Å². The van der Waals surface area contributed by atoms with Crippen molar-refractivity contribution < 1.29 is 19.2 Å². The van der Waals surface area contributed by atoms with Crippen molar-refractivity contribution in [3.8, 4) is 11.5 Å². The molecular weight excluding hydrogens is 316 g/mol. The molecule has 0 aliphatic rings. The molecule has 0 atom stereocenters. The molecule has 25 heavy (non-hydrogen) atoms. The van der Waals surface area contributed by atoms with Crippen LogP contribution in [0.25, 0.3) is 0 Å². The Bertz CT molecular complexity index is 714. The van der Waals surface area contributed by atoms with Gasteiger partial charge in [-0.2, -0.15) is 0 Å². The predicted molar refractivity (Wildman–Crippen MR) is 98.1 cm³/mol. The molecule has 0 bridgehead atoms. The summed E-state index contributed by atoms with van der Waals surface area (Å²) in [6, 6.07) is 13.7. The van der Waals surface area contributed by atoms with E-state index >= 15 is 0 Å². The minimum absolute atomic E-state index is 0.0320. The summed E-state index contributed by atoms with van der Waals surface area (Å²) in [6.07, 6.45) is 0.272. The van der Waals surface area contributed by atoms with Crippen LogP contribution in [0.1, 0.15) is 16.7 Å². The standard InChI is InChI=1S/C20H26N2O3/c1-22(2)14-17-8-6-5-7-16(17)13-21-20(23)11-15-9-10-18(24-3)12-19(15)25-4/h5-10,12H,11,13-14H2,1-4H3,(H,21,23)/p+1. The summed E-state index contributed by atoms with van der Waals surface area (Å²) in [5.74, 6) is 1.34. The van der Waals surface area contributed by atoms with Crippen LogP contribution in [-0.4, -0.2) is 34.2 Å². The molecule has 2 aromatic carbocycles.